The van der Waals surface area contributed by atoms with Crippen LogP contribution in [-0.2, 0) is 21.0 Å². The van der Waals surface area contributed by atoms with Crippen LogP contribution in [0.3, 0.4) is 0 Å². The molecular formula is C18H14Cl4N2O4. The molecule has 1 atom stereocenters. The summed E-state index contributed by atoms with van der Waals surface area (Å²) in [6, 6.07) is 8.07. The Hall–Kier alpha value is -1.99. The monoisotopic (exact) mass is 462 g/mol. The van der Waals surface area contributed by atoms with Gasteiger partial charge in [-0.15, -0.1) is 0 Å². The molecule has 0 aromatic heterocycles. The number of methoxy groups -OCH3 is 1. The fourth-order valence-electron chi connectivity index (χ4n) is 2.03. The lowest BCUT2D eigenvalue weighted by atomic mass is 10.2. The topological polar surface area (TPSA) is 77.0 Å². The highest BCUT2D eigenvalue weighted by atomic mass is 35.5. The molecule has 6 nitrogen and oxygen atoms in total. The van der Waals surface area contributed by atoms with Gasteiger partial charge in [-0.3, -0.25) is 4.79 Å². The number of nitrogens with zero attached hydrogens (tertiary/aromatic N) is 1. The summed E-state index contributed by atoms with van der Waals surface area (Å²) in [6.07, 6.45) is 1.09. The van der Waals surface area contributed by atoms with Crippen molar-refractivity contribution in [2.24, 2.45) is 5.16 Å². The van der Waals surface area contributed by atoms with E-state index in [1.807, 2.05) is 0 Å². The summed E-state index contributed by atoms with van der Waals surface area (Å²) in [5.74, 6) is -1.35. The van der Waals surface area contributed by atoms with Gasteiger partial charge in [-0.05, 0) is 30.3 Å². The second kappa shape index (κ2) is 10.5. The van der Waals surface area contributed by atoms with E-state index in [1.165, 1.54) is 25.3 Å². The van der Waals surface area contributed by atoms with Gasteiger partial charge in [0.05, 0.1) is 23.9 Å². The third-order valence-electron chi connectivity index (χ3n) is 3.44. The maximum Gasteiger partial charge on any atom is 0.334 e. The molecule has 0 saturated carbocycles. The van der Waals surface area contributed by atoms with Crippen LogP contribution in [0.25, 0.3) is 0 Å². The minimum atomic E-state index is -1.19. The SMILES string of the molecule is COC(=O)C(/C=N/OCc1ccc(Cl)cc1Cl)NC(=O)c1ccc(Cl)cc1Cl. The minimum absolute atomic E-state index is 0.0390. The summed E-state index contributed by atoms with van der Waals surface area (Å²) in [6.45, 7) is 0.0390. The minimum Gasteiger partial charge on any atom is -0.467 e. The fourth-order valence-corrected chi connectivity index (χ4v) is 2.98. The van der Waals surface area contributed by atoms with Crippen molar-refractivity contribution >= 4 is 64.5 Å². The average Bonchev–Trinajstić information content (AvgIpc) is 2.64. The van der Waals surface area contributed by atoms with E-state index in [4.69, 9.17) is 51.2 Å². The summed E-state index contributed by atoms with van der Waals surface area (Å²) < 4.78 is 4.66. The number of carbonyl (C=O) groups excluding carboxylic acids is 2. The Labute approximate surface area is 181 Å². The maximum absolute atomic E-state index is 12.4. The van der Waals surface area contributed by atoms with Gasteiger partial charge in [-0.1, -0.05) is 57.6 Å². The molecule has 10 heteroatoms. The predicted molar refractivity (Wildman–Crippen MR) is 109 cm³/mol. The largest absolute Gasteiger partial charge is 0.467 e. The van der Waals surface area contributed by atoms with E-state index in [9.17, 15) is 9.59 Å². The average molecular weight is 464 g/mol. The summed E-state index contributed by atoms with van der Waals surface area (Å²) in [5, 5.41) is 7.57. The Morgan fingerprint density at radius 1 is 1.07 bits per heavy atom. The molecule has 0 aliphatic carbocycles. The van der Waals surface area contributed by atoms with Crippen LogP contribution in [0.15, 0.2) is 41.6 Å². The van der Waals surface area contributed by atoms with E-state index in [0.29, 0.717) is 20.6 Å². The van der Waals surface area contributed by atoms with Crippen LogP contribution in [0.5, 0.6) is 0 Å². The van der Waals surface area contributed by atoms with E-state index in [0.717, 1.165) is 6.21 Å². The van der Waals surface area contributed by atoms with E-state index >= 15 is 0 Å². The molecule has 0 saturated heterocycles. The Bertz CT molecular complexity index is 905. The number of rotatable bonds is 7. The second-order valence-corrected chi connectivity index (χ2v) is 7.05. The normalized spacial score (nSPS) is 11.9. The van der Waals surface area contributed by atoms with Crippen molar-refractivity contribution in [2.45, 2.75) is 12.6 Å². The van der Waals surface area contributed by atoms with Crippen molar-refractivity contribution < 1.29 is 19.2 Å². The van der Waals surface area contributed by atoms with Crippen LogP contribution < -0.4 is 5.32 Å². The molecule has 1 N–H and O–H groups in total. The molecule has 148 valence electrons. The molecule has 2 aromatic carbocycles. The standard InChI is InChI=1S/C18H14Cl4N2O4/c1-27-18(26)16(24-17(25)13-5-4-12(20)7-15(13)22)8-23-28-9-10-2-3-11(19)6-14(10)21/h2-8,16H,9H2,1H3,(H,24,25)/b23-8+. The van der Waals surface area contributed by atoms with Crippen LogP contribution in [0.4, 0.5) is 0 Å². The number of amides is 1. The smallest absolute Gasteiger partial charge is 0.334 e. The van der Waals surface area contributed by atoms with Crippen molar-refractivity contribution in [2.75, 3.05) is 7.11 Å². The van der Waals surface area contributed by atoms with Crippen LogP contribution in [-0.4, -0.2) is 31.2 Å². The zero-order chi connectivity index (χ0) is 20.7. The first-order valence-electron chi connectivity index (χ1n) is 7.75. The lowest BCUT2D eigenvalue weighted by Gasteiger charge is -2.13. The fraction of sp³-hybridized carbons (Fsp3) is 0.167. The molecule has 2 rings (SSSR count). The second-order valence-electron chi connectivity index (χ2n) is 5.36. The van der Waals surface area contributed by atoms with E-state index < -0.39 is 17.9 Å². The first kappa shape index (κ1) is 22.3. The van der Waals surface area contributed by atoms with Gasteiger partial charge in [0.15, 0.2) is 6.04 Å². The summed E-state index contributed by atoms with van der Waals surface area (Å²) in [7, 11) is 1.18. The highest BCUT2D eigenvalue weighted by Crippen LogP contribution is 2.22. The number of oxime groups is 1. The summed E-state index contributed by atoms with van der Waals surface area (Å²) >= 11 is 23.7. The van der Waals surface area contributed by atoms with E-state index in [-0.39, 0.29) is 17.2 Å². The number of ether oxygens (including phenoxy) is 1. The zero-order valence-electron chi connectivity index (χ0n) is 14.4. The lowest BCUT2D eigenvalue weighted by Crippen LogP contribution is -2.42. The van der Waals surface area contributed by atoms with Crippen molar-refractivity contribution in [3.05, 3.63) is 67.6 Å². The summed E-state index contributed by atoms with van der Waals surface area (Å²) in [5.41, 5.74) is 0.789. The first-order valence-corrected chi connectivity index (χ1v) is 9.26. The lowest BCUT2D eigenvalue weighted by molar-refractivity contribution is -0.140. The van der Waals surface area contributed by atoms with E-state index in [2.05, 4.69) is 15.2 Å². The van der Waals surface area contributed by atoms with Crippen LogP contribution in [0, 0.1) is 0 Å². The van der Waals surface area contributed by atoms with Gasteiger partial charge in [0.25, 0.3) is 5.91 Å². The van der Waals surface area contributed by atoms with E-state index in [1.54, 1.807) is 18.2 Å². The molecule has 0 aliphatic rings. The molecule has 2 aromatic rings. The van der Waals surface area contributed by atoms with Crippen LogP contribution in [0.2, 0.25) is 20.1 Å². The zero-order valence-corrected chi connectivity index (χ0v) is 17.4. The van der Waals surface area contributed by atoms with Crippen LogP contribution in [0.1, 0.15) is 15.9 Å². The van der Waals surface area contributed by atoms with Gasteiger partial charge in [-0.2, -0.15) is 0 Å². The number of esters is 1. The number of hydrogen-bond donors (Lipinski definition) is 1. The van der Waals surface area contributed by atoms with Crippen molar-refractivity contribution in [3.8, 4) is 0 Å². The first-order chi connectivity index (χ1) is 13.3. The molecule has 1 amide bonds. The van der Waals surface area contributed by atoms with Crippen LogP contribution >= 0.6 is 46.4 Å². The Kier molecular flexibility index (Phi) is 8.38. The molecular weight excluding hydrogens is 450 g/mol. The molecule has 0 fully saturated rings. The van der Waals surface area contributed by atoms with Crippen molar-refractivity contribution in [3.63, 3.8) is 0 Å². The molecule has 0 spiro atoms. The molecule has 0 radical (unpaired) electrons. The molecule has 0 heterocycles. The number of halogens is 4. The molecule has 0 aliphatic heterocycles. The molecule has 0 bridgehead atoms. The Balaban J connectivity index is 2.03. The van der Waals surface area contributed by atoms with Crippen molar-refractivity contribution in [1.29, 1.82) is 0 Å². The van der Waals surface area contributed by atoms with Gasteiger partial charge in [-0.25, -0.2) is 4.79 Å². The van der Waals surface area contributed by atoms with Gasteiger partial charge in [0.1, 0.15) is 6.61 Å². The number of benzene rings is 2. The Morgan fingerprint density at radius 3 is 2.32 bits per heavy atom. The summed E-state index contributed by atoms with van der Waals surface area (Å²) in [4.78, 5) is 29.4. The van der Waals surface area contributed by atoms with Gasteiger partial charge in [0, 0.05) is 20.6 Å². The number of carbonyl (C=O) groups is 2. The predicted octanol–water partition coefficient (Wildman–Crippen LogP) is 4.77. The quantitative estimate of drug-likeness (QED) is 0.364. The molecule has 28 heavy (non-hydrogen) atoms. The molecule has 1 unspecified atom stereocenters. The maximum atomic E-state index is 12.4. The van der Waals surface area contributed by atoms with Gasteiger partial charge < -0.3 is 14.9 Å². The number of hydrogen-bond acceptors (Lipinski definition) is 5. The highest BCUT2D eigenvalue weighted by molar-refractivity contribution is 6.37. The third kappa shape index (κ3) is 6.27. The highest BCUT2D eigenvalue weighted by Gasteiger charge is 2.22. The Morgan fingerprint density at radius 2 is 1.71 bits per heavy atom. The van der Waals surface area contributed by atoms with Gasteiger partial charge >= 0.3 is 5.97 Å². The van der Waals surface area contributed by atoms with Gasteiger partial charge in [0.2, 0.25) is 0 Å². The van der Waals surface area contributed by atoms with Crippen molar-refractivity contribution in [1.82, 2.24) is 5.32 Å². The number of nitrogens with one attached hydrogen (secondary N) is 1. The third-order valence-corrected chi connectivity index (χ3v) is 4.57.